The summed E-state index contributed by atoms with van der Waals surface area (Å²) < 4.78 is 1.86. The van der Waals surface area contributed by atoms with Crippen LogP contribution >= 0.6 is 0 Å². The van der Waals surface area contributed by atoms with Crippen LogP contribution < -0.4 is 5.32 Å². The van der Waals surface area contributed by atoms with Gasteiger partial charge in [-0.2, -0.15) is 5.10 Å². The minimum atomic E-state index is 0.0212. The van der Waals surface area contributed by atoms with Gasteiger partial charge in [0, 0.05) is 29.6 Å². The van der Waals surface area contributed by atoms with E-state index >= 15 is 0 Å². The largest absolute Gasteiger partial charge is 0.326 e. The fourth-order valence-electron chi connectivity index (χ4n) is 3.26. The van der Waals surface area contributed by atoms with E-state index in [9.17, 15) is 4.79 Å². The molecule has 0 atom stereocenters. The second-order valence-corrected chi connectivity index (χ2v) is 6.63. The molecule has 2 aromatic heterocycles. The molecule has 0 saturated heterocycles. The second kappa shape index (κ2) is 6.67. The van der Waals surface area contributed by atoms with E-state index in [1.807, 2.05) is 63.4 Å². The number of aryl methyl sites for hydroxylation is 5. The zero-order valence-electron chi connectivity index (χ0n) is 15.5. The van der Waals surface area contributed by atoms with Gasteiger partial charge in [0.1, 0.15) is 0 Å². The molecule has 130 valence electrons. The summed E-state index contributed by atoms with van der Waals surface area (Å²) >= 11 is 0. The molecule has 1 N–H and O–H groups in total. The lowest BCUT2D eigenvalue weighted by Gasteiger charge is -2.13. The fraction of sp³-hybridized carbons (Fsp3) is 0.350. The molecule has 3 aromatic rings. The van der Waals surface area contributed by atoms with Crippen LogP contribution in [0.4, 0.5) is 5.69 Å². The average Bonchev–Trinajstić information content (AvgIpc) is 2.91. The molecular weight excluding hydrogens is 312 g/mol. The van der Waals surface area contributed by atoms with E-state index < -0.39 is 0 Å². The highest BCUT2D eigenvalue weighted by Gasteiger charge is 2.13. The molecule has 0 bridgehead atoms. The predicted octanol–water partition coefficient (Wildman–Crippen LogP) is 3.84. The van der Waals surface area contributed by atoms with Crippen molar-refractivity contribution in [1.29, 1.82) is 0 Å². The van der Waals surface area contributed by atoms with Crippen molar-refractivity contribution in [2.24, 2.45) is 0 Å². The normalized spacial score (nSPS) is 11.1. The molecular formula is C20H24N4O. The van der Waals surface area contributed by atoms with Gasteiger partial charge in [0.15, 0.2) is 5.65 Å². The molecule has 0 unspecified atom stereocenters. The Hall–Kier alpha value is -2.69. The maximum absolute atomic E-state index is 12.4. The number of benzene rings is 1. The lowest BCUT2D eigenvalue weighted by Crippen LogP contribution is -2.15. The van der Waals surface area contributed by atoms with Crippen LogP contribution in [0.25, 0.3) is 5.65 Å². The Morgan fingerprint density at radius 3 is 2.48 bits per heavy atom. The molecule has 1 amide bonds. The quantitative estimate of drug-likeness (QED) is 0.787. The number of amides is 1. The molecule has 3 rings (SSSR count). The Balaban J connectivity index is 1.77. The number of hydrogen-bond acceptors (Lipinski definition) is 3. The van der Waals surface area contributed by atoms with Crippen molar-refractivity contribution in [3.63, 3.8) is 0 Å². The highest BCUT2D eigenvalue weighted by Crippen LogP contribution is 2.21. The van der Waals surface area contributed by atoms with Crippen molar-refractivity contribution < 1.29 is 4.79 Å². The molecule has 0 radical (unpaired) electrons. The van der Waals surface area contributed by atoms with Crippen molar-refractivity contribution >= 4 is 17.2 Å². The predicted molar refractivity (Wildman–Crippen MR) is 100 cm³/mol. The summed E-state index contributed by atoms with van der Waals surface area (Å²) in [6.45, 7) is 10.0. The van der Waals surface area contributed by atoms with Crippen LogP contribution in [0.1, 0.15) is 40.2 Å². The van der Waals surface area contributed by atoms with Crippen LogP contribution in [-0.2, 0) is 11.2 Å². The smallest absolute Gasteiger partial charge is 0.224 e. The topological polar surface area (TPSA) is 59.3 Å². The van der Waals surface area contributed by atoms with Gasteiger partial charge in [0.05, 0.1) is 5.69 Å². The van der Waals surface area contributed by atoms with Crippen molar-refractivity contribution in [1.82, 2.24) is 14.6 Å². The number of rotatable bonds is 4. The van der Waals surface area contributed by atoms with Crippen LogP contribution in [0.5, 0.6) is 0 Å². The molecule has 0 fully saturated rings. The number of para-hydroxylation sites is 1. The minimum Gasteiger partial charge on any atom is -0.326 e. The van der Waals surface area contributed by atoms with E-state index in [-0.39, 0.29) is 5.91 Å². The molecule has 2 heterocycles. The van der Waals surface area contributed by atoms with E-state index in [2.05, 4.69) is 15.4 Å². The van der Waals surface area contributed by atoms with Crippen molar-refractivity contribution in [3.8, 4) is 0 Å². The van der Waals surface area contributed by atoms with Gasteiger partial charge in [-0.25, -0.2) is 9.50 Å². The lowest BCUT2D eigenvalue weighted by atomic mass is 10.1. The third-order valence-electron chi connectivity index (χ3n) is 4.63. The molecule has 0 aliphatic heterocycles. The van der Waals surface area contributed by atoms with Gasteiger partial charge in [0.2, 0.25) is 5.91 Å². The number of carbonyl (C=O) groups excluding carboxylic acids is 1. The zero-order chi connectivity index (χ0) is 18.1. The number of nitrogens with one attached hydrogen (secondary N) is 1. The molecule has 0 saturated carbocycles. The molecule has 0 spiro atoms. The molecule has 0 aliphatic rings. The van der Waals surface area contributed by atoms with Gasteiger partial charge in [-0.1, -0.05) is 18.2 Å². The van der Waals surface area contributed by atoms with Crippen LogP contribution in [0, 0.1) is 34.6 Å². The number of nitrogens with zero attached hydrogens (tertiary/aromatic N) is 3. The van der Waals surface area contributed by atoms with Crippen molar-refractivity contribution in [2.45, 2.75) is 47.5 Å². The highest BCUT2D eigenvalue weighted by molar-refractivity contribution is 5.92. The number of hydrogen-bond donors (Lipinski definition) is 1. The second-order valence-electron chi connectivity index (χ2n) is 6.63. The summed E-state index contributed by atoms with van der Waals surface area (Å²) in [7, 11) is 0. The summed E-state index contributed by atoms with van der Waals surface area (Å²) in [4.78, 5) is 17.0. The Morgan fingerprint density at radius 1 is 1.12 bits per heavy atom. The highest BCUT2D eigenvalue weighted by atomic mass is 16.1. The van der Waals surface area contributed by atoms with Crippen LogP contribution in [0.3, 0.4) is 0 Å². The number of aromatic nitrogens is 3. The SMILES string of the molecule is Cc1cc2nc(C)c(CCC(=O)Nc3c(C)cccc3C)c(C)n2n1. The monoisotopic (exact) mass is 336 g/mol. The number of carbonyl (C=O) groups is 1. The van der Waals surface area contributed by atoms with Gasteiger partial charge in [-0.15, -0.1) is 0 Å². The first-order valence-electron chi connectivity index (χ1n) is 8.55. The summed E-state index contributed by atoms with van der Waals surface area (Å²) in [6, 6.07) is 7.99. The van der Waals surface area contributed by atoms with E-state index in [4.69, 9.17) is 0 Å². The van der Waals surface area contributed by atoms with E-state index in [0.29, 0.717) is 12.8 Å². The first-order chi connectivity index (χ1) is 11.9. The Bertz CT molecular complexity index is 936. The maximum Gasteiger partial charge on any atom is 0.224 e. The van der Waals surface area contributed by atoms with Crippen LogP contribution in [0.15, 0.2) is 24.3 Å². The third-order valence-corrected chi connectivity index (χ3v) is 4.63. The summed E-state index contributed by atoms with van der Waals surface area (Å²) in [5.74, 6) is 0.0212. The molecule has 25 heavy (non-hydrogen) atoms. The average molecular weight is 336 g/mol. The minimum absolute atomic E-state index is 0.0212. The summed E-state index contributed by atoms with van der Waals surface area (Å²) in [5.41, 5.74) is 7.98. The Labute approximate surface area is 148 Å². The molecule has 0 aliphatic carbocycles. The van der Waals surface area contributed by atoms with Crippen LogP contribution in [0.2, 0.25) is 0 Å². The molecule has 1 aromatic carbocycles. The van der Waals surface area contributed by atoms with E-state index in [0.717, 1.165) is 45.1 Å². The number of anilines is 1. The fourth-order valence-corrected chi connectivity index (χ4v) is 3.26. The first kappa shape index (κ1) is 17.1. The summed E-state index contributed by atoms with van der Waals surface area (Å²) in [5, 5.41) is 7.53. The molecule has 5 heteroatoms. The Kier molecular flexibility index (Phi) is 4.57. The van der Waals surface area contributed by atoms with Gasteiger partial charge in [0.25, 0.3) is 0 Å². The number of fused-ring (bicyclic) bond motifs is 1. The van der Waals surface area contributed by atoms with E-state index in [1.54, 1.807) is 0 Å². The van der Waals surface area contributed by atoms with Gasteiger partial charge >= 0.3 is 0 Å². The van der Waals surface area contributed by atoms with E-state index in [1.165, 1.54) is 0 Å². The van der Waals surface area contributed by atoms with Gasteiger partial charge in [-0.3, -0.25) is 4.79 Å². The first-order valence-corrected chi connectivity index (χ1v) is 8.55. The maximum atomic E-state index is 12.4. The van der Waals surface area contributed by atoms with Gasteiger partial charge in [-0.05, 0) is 57.7 Å². The standard InChI is InChI=1S/C20H24N4O/c1-12-7-6-8-13(2)20(12)22-19(25)10-9-17-15(4)21-18-11-14(3)23-24(18)16(17)5/h6-8,11H,9-10H2,1-5H3,(H,22,25). The van der Waals surface area contributed by atoms with Crippen LogP contribution in [-0.4, -0.2) is 20.5 Å². The lowest BCUT2D eigenvalue weighted by molar-refractivity contribution is -0.116. The van der Waals surface area contributed by atoms with Gasteiger partial charge < -0.3 is 5.32 Å². The van der Waals surface area contributed by atoms with Crippen molar-refractivity contribution in [3.05, 3.63) is 58.0 Å². The summed E-state index contributed by atoms with van der Waals surface area (Å²) in [6.07, 6.45) is 1.07. The zero-order valence-corrected chi connectivity index (χ0v) is 15.5. The molecule has 5 nitrogen and oxygen atoms in total. The third kappa shape index (κ3) is 3.40. The Morgan fingerprint density at radius 2 is 1.80 bits per heavy atom. The van der Waals surface area contributed by atoms with Crippen molar-refractivity contribution in [2.75, 3.05) is 5.32 Å².